The Labute approximate surface area is 133 Å². The van der Waals surface area contributed by atoms with Gasteiger partial charge in [-0.2, -0.15) is 5.06 Å². The summed E-state index contributed by atoms with van der Waals surface area (Å²) in [5.41, 5.74) is 0. The van der Waals surface area contributed by atoms with Crippen molar-refractivity contribution in [1.29, 1.82) is 0 Å². The van der Waals surface area contributed by atoms with Gasteiger partial charge in [-0.25, -0.2) is 0 Å². The lowest BCUT2D eigenvalue weighted by molar-refractivity contribution is -0.191. The number of carbonyl (C=O) groups excluding carboxylic acids is 5. The van der Waals surface area contributed by atoms with Crippen molar-refractivity contribution in [2.75, 3.05) is 13.2 Å². The van der Waals surface area contributed by atoms with Crippen LogP contribution in [0.2, 0.25) is 0 Å². The zero-order chi connectivity index (χ0) is 16.8. The number of hydrogen-bond donors (Lipinski definition) is 0. The van der Waals surface area contributed by atoms with E-state index in [2.05, 4.69) is 0 Å². The molecule has 0 aromatic heterocycles. The summed E-state index contributed by atoms with van der Waals surface area (Å²) in [4.78, 5) is 62.7. The van der Waals surface area contributed by atoms with Crippen LogP contribution in [0, 0.1) is 5.92 Å². The van der Waals surface area contributed by atoms with Gasteiger partial charge in [0.25, 0.3) is 23.6 Å². The summed E-state index contributed by atoms with van der Waals surface area (Å²) >= 11 is 0. The Balaban J connectivity index is 1.66. The van der Waals surface area contributed by atoms with Crippen LogP contribution in [-0.4, -0.2) is 53.0 Å². The second-order valence-corrected chi connectivity index (χ2v) is 5.43. The monoisotopic (exact) mass is 322 g/mol. The van der Waals surface area contributed by atoms with E-state index in [4.69, 9.17) is 4.84 Å². The first kappa shape index (κ1) is 17.0. The lowest BCUT2D eigenvalue weighted by Gasteiger charge is -2.17. The molecule has 8 nitrogen and oxygen atoms in total. The average Bonchev–Trinajstić information content (AvgIpc) is 3.02. The van der Waals surface area contributed by atoms with Gasteiger partial charge in [0, 0.05) is 37.5 Å². The highest BCUT2D eigenvalue weighted by Crippen LogP contribution is 2.15. The van der Waals surface area contributed by atoms with Crippen molar-refractivity contribution in [3.05, 3.63) is 12.2 Å². The Hall–Kier alpha value is -2.35. The van der Waals surface area contributed by atoms with Crippen LogP contribution >= 0.6 is 0 Å². The second-order valence-electron chi connectivity index (χ2n) is 5.43. The third-order valence-electron chi connectivity index (χ3n) is 3.72. The van der Waals surface area contributed by atoms with Gasteiger partial charge in [-0.05, 0) is 12.8 Å². The highest BCUT2D eigenvalue weighted by Gasteiger charge is 2.30. The number of aldehydes is 1. The van der Waals surface area contributed by atoms with E-state index in [-0.39, 0.29) is 31.3 Å². The number of unbranched alkanes of at least 4 members (excludes halogenated alkanes) is 1. The van der Waals surface area contributed by atoms with Gasteiger partial charge in [0.05, 0.1) is 6.61 Å². The lowest BCUT2D eigenvalue weighted by Crippen LogP contribution is -2.32. The molecule has 124 valence electrons. The summed E-state index contributed by atoms with van der Waals surface area (Å²) in [6.07, 6.45) is 5.13. The number of carbonyl (C=O) groups is 5. The fourth-order valence-electron chi connectivity index (χ4n) is 2.39. The van der Waals surface area contributed by atoms with Gasteiger partial charge >= 0.3 is 0 Å². The van der Waals surface area contributed by atoms with Crippen molar-refractivity contribution < 1.29 is 28.8 Å². The fraction of sp³-hybridized carbons (Fsp3) is 0.533. The van der Waals surface area contributed by atoms with Gasteiger partial charge < -0.3 is 4.79 Å². The van der Waals surface area contributed by atoms with E-state index >= 15 is 0 Å². The molecule has 0 N–H and O–H groups in total. The van der Waals surface area contributed by atoms with Crippen molar-refractivity contribution in [3.63, 3.8) is 0 Å². The van der Waals surface area contributed by atoms with Crippen LogP contribution in [0.25, 0.3) is 0 Å². The first-order valence-corrected chi connectivity index (χ1v) is 7.50. The summed E-state index contributed by atoms with van der Waals surface area (Å²) in [6.45, 7) is 0.268. The molecule has 1 atom stereocenters. The van der Waals surface area contributed by atoms with E-state index in [1.807, 2.05) is 0 Å². The summed E-state index contributed by atoms with van der Waals surface area (Å²) < 4.78 is 0. The van der Waals surface area contributed by atoms with Crippen LogP contribution in [0.1, 0.15) is 32.1 Å². The minimum Gasteiger partial charge on any atom is -0.303 e. The van der Waals surface area contributed by atoms with Crippen LogP contribution in [-0.2, 0) is 28.8 Å². The Kier molecular flexibility index (Phi) is 5.75. The predicted octanol–water partition coefficient (Wildman–Crippen LogP) is -0.0226. The van der Waals surface area contributed by atoms with E-state index < -0.39 is 17.7 Å². The Morgan fingerprint density at radius 2 is 1.65 bits per heavy atom. The van der Waals surface area contributed by atoms with E-state index in [1.165, 1.54) is 12.2 Å². The lowest BCUT2D eigenvalue weighted by atomic mass is 10.0. The van der Waals surface area contributed by atoms with E-state index in [0.717, 1.165) is 16.2 Å². The SMILES string of the molecule is O=CC(CCCCN1C(=O)C=CC1=O)CON1C(=O)CCC1=O. The van der Waals surface area contributed by atoms with Gasteiger partial charge in [-0.15, -0.1) is 0 Å². The molecule has 0 radical (unpaired) electrons. The molecule has 0 aromatic rings. The number of amides is 4. The Morgan fingerprint density at radius 1 is 1.04 bits per heavy atom. The number of rotatable bonds is 9. The predicted molar refractivity (Wildman–Crippen MR) is 76.3 cm³/mol. The summed E-state index contributed by atoms with van der Waals surface area (Å²) in [6, 6.07) is 0. The molecule has 0 bridgehead atoms. The van der Waals surface area contributed by atoms with Crippen molar-refractivity contribution >= 4 is 29.9 Å². The third kappa shape index (κ3) is 4.32. The summed E-state index contributed by atoms with van der Waals surface area (Å²) in [7, 11) is 0. The minimum atomic E-state index is -0.445. The van der Waals surface area contributed by atoms with Crippen LogP contribution in [0.5, 0.6) is 0 Å². The zero-order valence-corrected chi connectivity index (χ0v) is 12.6. The van der Waals surface area contributed by atoms with E-state index in [9.17, 15) is 24.0 Å². The van der Waals surface area contributed by atoms with Crippen LogP contribution < -0.4 is 0 Å². The smallest absolute Gasteiger partial charge is 0.253 e. The van der Waals surface area contributed by atoms with Crippen molar-refractivity contribution in [2.24, 2.45) is 5.92 Å². The molecule has 2 aliphatic rings. The molecule has 4 amide bonds. The minimum absolute atomic E-state index is 0.0376. The fourth-order valence-corrected chi connectivity index (χ4v) is 2.39. The van der Waals surface area contributed by atoms with E-state index in [1.54, 1.807) is 0 Å². The first-order valence-electron chi connectivity index (χ1n) is 7.50. The average molecular weight is 322 g/mol. The maximum Gasteiger partial charge on any atom is 0.253 e. The second kappa shape index (κ2) is 7.77. The molecule has 1 fully saturated rings. The molecule has 8 heteroatoms. The molecule has 0 spiro atoms. The summed E-state index contributed by atoms with van der Waals surface area (Å²) in [5.74, 6) is -1.87. The van der Waals surface area contributed by atoms with Gasteiger partial charge in [0.2, 0.25) is 0 Å². The molecule has 1 unspecified atom stereocenters. The zero-order valence-electron chi connectivity index (χ0n) is 12.6. The molecule has 0 aliphatic carbocycles. The number of hydrogen-bond acceptors (Lipinski definition) is 6. The Morgan fingerprint density at radius 3 is 2.22 bits per heavy atom. The number of nitrogens with zero attached hydrogens (tertiary/aromatic N) is 2. The molecule has 0 saturated carbocycles. The maximum absolute atomic E-state index is 11.4. The molecule has 0 aromatic carbocycles. The largest absolute Gasteiger partial charge is 0.303 e. The molecule has 2 heterocycles. The van der Waals surface area contributed by atoms with Crippen LogP contribution in [0.3, 0.4) is 0 Å². The van der Waals surface area contributed by atoms with Crippen molar-refractivity contribution in [3.8, 4) is 0 Å². The number of hydroxylamine groups is 2. The summed E-state index contributed by atoms with van der Waals surface area (Å²) in [5, 5.41) is 0.726. The maximum atomic E-state index is 11.4. The highest BCUT2D eigenvalue weighted by molar-refractivity contribution is 6.12. The molecular formula is C15H18N2O6. The molecule has 2 rings (SSSR count). The standard InChI is InChI=1S/C15H18N2O6/c18-9-11(10-23-17-14(21)6-7-15(17)22)3-1-2-8-16-12(19)4-5-13(16)20/h4-5,9,11H,1-3,6-8,10H2. The van der Waals surface area contributed by atoms with Gasteiger partial charge in [-0.1, -0.05) is 6.42 Å². The van der Waals surface area contributed by atoms with Gasteiger partial charge in [-0.3, -0.25) is 28.9 Å². The molecule has 1 saturated heterocycles. The van der Waals surface area contributed by atoms with Crippen molar-refractivity contribution in [1.82, 2.24) is 9.96 Å². The van der Waals surface area contributed by atoms with Crippen LogP contribution in [0.4, 0.5) is 0 Å². The normalized spacial score (nSPS) is 19.1. The topological polar surface area (TPSA) is 101 Å². The van der Waals surface area contributed by atoms with E-state index in [0.29, 0.717) is 25.8 Å². The Bertz CT molecular complexity index is 522. The van der Waals surface area contributed by atoms with Crippen LogP contribution in [0.15, 0.2) is 12.2 Å². The van der Waals surface area contributed by atoms with Gasteiger partial charge in [0.15, 0.2) is 0 Å². The highest BCUT2D eigenvalue weighted by atomic mass is 16.7. The quantitative estimate of drug-likeness (QED) is 0.336. The number of imide groups is 2. The third-order valence-corrected chi connectivity index (χ3v) is 3.72. The molecular weight excluding hydrogens is 304 g/mol. The molecule has 2 aliphatic heterocycles. The first-order chi connectivity index (χ1) is 11.0. The molecule has 23 heavy (non-hydrogen) atoms. The van der Waals surface area contributed by atoms with Crippen molar-refractivity contribution in [2.45, 2.75) is 32.1 Å². The van der Waals surface area contributed by atoms with Gasteiger partial charge in [0.1, 0.15) is 6.29 Å².